The molecule has 2 aromatic heterocycles. The van der Waals surface area contributed by atoms with Crippen LogP contribution in [0.4, 0.5) is 0 Å². The van der Waals surface area contributed by atoms with Gasteiger partial charge in [0.25, 0.3) is 5.91 Å². The van der Waals surface area contributed by atoms with Crippen LogP contribution in [0.25, 0.3) is 33.4 Å². The summed E-state index contributed by atoms with van der Waals surface area (Å²) in [7, 11) is 0. The predicted octanol–water partition coefficient (Wildman–Crippen LogP) is 6.64. The topological polar surface area (TPSA) is 123 Å². The van der Waals surface area contributed by atoms with Crippen molar-refractivity contribution < 1.29 is 14.7 Å². The number of amides is 2. The fourth-order valence-electron chi connectivity index (χ4n) is 5.48. The summed E-state index contributed by atoms with van der Waals surface area (Å²) in [6.07, 6.45) is 2.05. The minimum Gasteiger partial charge on any atom is -0.508 e. The second-order valence-corrected chi connectivity index (χ2v) is 12.8. The lowest BCUT2D eigenvalue weighted by atomic mass is 9.87. The first-order valence-electron chi connectivity index (χ1n) is 15.5. The van der Waals surface area contributed by atoms with Crippen LogP contribution in [0.2, 0.25) is 0 Å². The molecule has 0 aliphatic carbocycles. The van der Waals surface area contributed by atoms with Gasteiger partial charge in [-0.3, -0.25) is 24.6 Å². The number of pyridine rings is 1. The molecule has 8 heteroatoms. The number of nitrogens with two attached hydrogens (primary N) is 1. The molecule has 0 spiro atoms. The molecule has 0 saturated carbocycles. The molecule has 6 rings (SSSR count). The molecule has 2 amide bonds. The summed E-state index contributed by atoms with van der Waals surface area (Å²) >= 11 is 0. The third-order valence-corrected chi connectivity index (χ3v) is 8.20. The Morgan fingerprint density at radius 2 is 1.57 bits per heavy atom. The van der Waals surface area contributed by atoms with Crippen molar-refractivity contribution in [3.63, 3.8) is 0 Å². The van der Waals surface area contributed by atoms with Crippen LogP contribution in [0.1, 0.15) is 47.8 Å². The number of para-hydroxylation sites is 1. The van der Waals surface area contributed by atoms with E-state index in [1.165, 1.54) is 17.7 Å². The largest absolute Gasteiger partial charge is 0.508 e. The van der Waals surface area contributed by atoms with E-state index in [0.717, 1.165) is 44.5 Å². The van der Waals surface area contributed by atoms with Crippen molar-refractivity contribution in [1.82, 2.24) is 20.1 Å². The van der Waals surface area contributed by atoms with Crippen molar-refractivity contribution in [2.75, 3.05) is 0 Å². The van der Waals surface area contributed by atoms with Crippen molar-refractivity contribution in [2.24, 2.45) is 5.73 Å². The van der Waals surface area contributed by atoms with E-state index in [1.54, 1.807) is 30.3 Å². The lowest BCUT2D eigenvalue weighted by molar-refractivity contribution is -0.121. The number of phenols is 1. The van der Waals surface area contributed by atoms with Crippen molar-refractivity contribution in [3.8, 4) is 28.3 Å². The Bertz CT molecular complexity index is 2060. The van der Waals surface area contributed by atoms with Crippen molar-refractivity contribution in [3.05, 3.63) is 138 Å². The molecule has 4 N–H and O–H groups in total. The highest BCUT2D eigenvalue weighted by Crippen LogP contribution is 2.30. The molecule has 1 atom stereocenters. The maximum atomic E-state index is 13.2. The summed E-state index contributed by atoms with van der Waals surface area (Å²) in [5.74, 6) is -0.994. The maximum Gasteiger partial charge on any atom is 0.257 e. The summed E-state index contributed by atoms with van der Waals surface area (Å²) in [4.78, 5) is 30.7. The lowest BCUT2D eigenvalue weighted by Gasteiger charge is -2.19. The number of fused-ring (bicyclic) bond motifs is 1. The van der Waals surface area contributed by atoms with Crippen LogP contribution >= 0.6 is 0 Å². The molecular formula is C39H37N5O3. The van der Waals surface area contributed by atoms with E-state index >= 15 is 0 Å². The number of phenolic OH excluding ortho intramolecular Hbond substituents is 1. The zero-order valence-corrected chi connectivity index (χ0v) is 26.6. The number of aromatic nitrogens is 3. The van der Waals surface area contributed by atoms with Crippen LogP contribution in [0.5, 0.6) is 5.75 Å². The quantitative estimate of drug-likeness (QED) is 0.175. The fraction of sp³-hybridized carbons (Fsp3) is 0.179. The number of hydrogen-bond acceptors (Lipinski definition) is 6. The molecule has 0 saturated heterocycles. The van der Waals surface area contributed by atoms with E-state index in [2.05, 4.69) is 61.4 Å². The van der Waals surface area contributed by atoms with Gasteiger partial charge >= 0.3 is 0 Å². The van der Waals surface area contributed by atoms with E-state index in [-0.39, 0.29) is 17.6 Å². The Morgan fingerprint density at radius 1 is 0.851 bits per heavy atom. The number of rotatable bonds is 8. The molecule has 2 heterocycles. The van der Waals surface area contributed by atoms with Gasteiger partial charge in [-0.05, 0) is 71.0 Å². The van der Waals surface area contributed by atoms with Crippen molar-refractivity contribution >= 4 is 22.7 Å². The van der Waals surface area contributed by atoms with Gasteiger partial charge in [0.15, 0.2) is 0 Å². The first-order valence-corrected chi connectivity index (χ1v) is 15.5. The third-order valence-electron chi connectivity index (χ3n) is 8.20. The third kappa shape index (κ3) is 7.29. The molecular weight excluding hydrogens is 586 g/mol. The number of benzene rings is 4. The number of imide groups is 1. The Labute approximate surface area is 273 Å². The zero-order valence-electron chi connectivity index (χ0n) is 26.6. The monoisotopic (exact) mass is 623 g/mol. The van der Waals surface area contributed by atoms with Gasteiger partial charge < -0.3 is 10.8 Å². The van der Waals surface area contributed by atoms with Crippen molar-refractivity contribution in [2.45, 2.75) is 45.2 Å². The fourth-order valence-corrected chi connectivity index (χ4v) is 5.48. The molecule has 6 aromatic rings. The average Bonchev–Trinajstić information content (AvgIpc) is 3.49. The van der Waals surface area contributed by atoms with Crippen LogP contribution in [0, 0.1) is 0 Å². The number of carbonyl (C=O) groups excluding carboxylic acids is 2. The SMILES string of the molecule is CC(C)(C)c1ccc(Cn2nc(-c3cnc4ccccc4c3)cc2-c2cccc(C(=O)NC(=O)C(N)Cc3ccc(O)cc3)c2)cc1. The summed E-state index contributed by atoms with van der Waals surface area (Å²) in [5.41, 5.74) is 13.7. The molecule has 8 nitrogen and oxygen atoms in total. The molecule has 1 unspecified atom stereocenters. The highest BCUT2D eigenvalue weighted by molar-refractivity contribution is 6.06. The highest BCUT2D eigenvalue weighted by atomic mass is 16.3. The van der Waals surface area contributed by atoms with Gasteiger partial charge in [0.2, 0.25) is 5.91 Å². The summed E-state index contributed by atoms with van der Waals surface area (Å²) < 4.78 is 1.94. The van der Waals surface area contributed by atoms with Crippen LogP contribution in [-0.4, -0.2) is 37.7 Å². The standard InChI is InChI=1S/C39H37N5O3/c1-39(2,3)31-15-11-26(12-16-31)24-44-36(22-35(43-44)30-20-27-7-4-5-10-34(27)41-23-30)28-8-6-9-29(21-28)37(46)42-38(47)33(40)19-25-13-17-32(45)18-14-25/h4-18,20-23,33,45H,19,24,40H2,1-3H3,(H,42,46,47). The first kappa shape index (κ1) is 31.4. The van der Waals surface area contributed by atoms with Crippen LogP contribution in [0.3, 0.4) is 0 Å². The van der Waals surface area contributed by atoms with Crippen LogP contribution in [0.15, 0.2) is 115 Å². The molecule has 0 aliphatic heterocycles. The number of nitrogens with zero attached hydrogens (tertiary/aromatic N) is 3. The molecule has 0 bridgehead atoms. The molecule has 0 radical (unpaired) electrons. The number of aromatic hydroxyl groups is 1. The second kappa shape index (κ2) is 13.0. The van der Waals surface area contributed by atoms with Gasteiger partial charge in [-0.15, -0.1) is 0 Å². The van der Waals surface area contributed by atoms with Gasteiger partial charge in [-0.1, -0.05) is 87.5 Å². The van der Waals surface area contributed by atoms with E-state index in [4.69, 9.17) is 10.8 Å². The molecule has 0 aliphatic rings. The van der Waals surface area contributed by atoms with Gasteiger partial charge in [0.1, 0.15) is 5.75 Å². The highest BCUT2D eigenvalue weighted by Gasteiger charge is 2.20. The summed E-state index contributed by atoms with van der Waals surface area (Å²) in [5, 5.41) is 18.0. The number of nitrogens with one attached hydrogen (secondary N) is 1. The normalized spacial score (nSPS) is 12.2. The van der Waals surface area contributed by atoms with E-state index < -0.39 is 17.9 Å². The Hall–Kier alpha value is -5.60. The molecule has 47 heavy (non-hydrogen) atoms. The smallest absolute Gasteiger partial charge is 0.257 e. The van der Waals surface area contributed by atoms with Gasteiger partial charge in [0, 0.05) is 28.3 Å². The second-order valence-electron chi connectivity index (χ2n) is 12.8. The minimum absolute atomic E-state index is 0.0451. The van der Waals surface area contributed by atoms with Gasteiger partial charge in [0.05, 0.1) is 29.5 Å². The summed E-state index contributed by atoms with van der Waals surface area (Å²) in [6, 6.07) is 33.2. The van der Waals surface area contributed by atoms with E-state index in [1.807, 2.05) is 47.3 Å². The lowest BCUT2D eigenvalue weighted by Crippen LogP contribution is -2.44. The van der Waals surface area contributed by atoms with Crippen LogP contribution in [-0.2, 0) is 23.2 Å². The Kier molecular flexibility index (Phi) is 8.70. The Morgan fingerprint density at radius 3 is 2.32 bits per heavy atom. The molecule has 4 aromatic carbocycles. The zero-order chi connectivity index (χ0) is 33.1. The average molecular weight is 624 g/mol. The Balaban J connectivity index is 1.29. The summed E-state index contributed by atoms with van der Waals surface area (Å²) in [6.45, 7) is 7.09. The van der Waals surface area contributed by atoms with Crippen molar-refractivity contribution in [1.29, 1.82) is 0 Å². The van der Waals surface area contributed by atoms with E-state index in [0.29, 0.717) is 12.1 Å². The minimum atomic E-state index is -0.934. The molecule has 0 fully saturated rings. The first-order chi connectivity index (χ1) is 22.5. The predicted molar refractivity (Wildman–Crippen MR) is 185 cm³/mol. The van der Waals surface area contributed by atoms with E-state index in [9.17, 15) is 14.7 Å². The molecule has 236 valence electrons. The number of carbonyl (C=O) groups is 2. The van der Waals surface area contributed by atoms with Gasteiger partial charge in [-0.2, -0.15) is 5.10 Å². The van der Waals surface area contributed by atoms with Crippen LogP contribution < -0.4 is 11.1 Å². The number of hydrogen-bond donors (Lipinski definition) is 3. The van der Waals surface area contributed by atoms with Gasteiger partial charge in [-0.25, -0.2) is 0 Å². The maximum absolute atomic E-state index is 13.2.